The van der Waals surface area contributed by atoms with Crippen LogP contribution in [-0.2, 0) is 21.7 Å². The van der Waals surface area contributed by atoms with E-state index in [1.54, 1.807) is 0 Å². The molecule has 0 radical (unpaired) electrons. The third-order valence-corrected chi connectivity index (χ3v) is 5.64. The summed E-state index contributed by atoms with van der Waals surface area (Å²) < 4.78 is 6.00. The third-order valence-electron chi connectivity index (χ3n) is 4.23. The predicted molar refractivity (Wildman–Crippen MR) is 107 cm³/mol. The van der Waals surface area contributed by atoms with Crippen molar-refractivity contribution >= 4 is 26.0 Å². The van der Waals surface area contributed by atoms with E-state index in [9.17, 15) is 4.79 Å². The van der Waals surface area contributed by atoms with E-state index in [4.69, 9.17) is 4.74 Å². The van der Waals surface area contributed by atoms with Gasteiger partial charge in [-0.2, -0.15) is 0 Å². The molecular formula is C21H16N2O2SV. The Balaban J connectivity index is 1.74. The van der Waals surface area contributed by atoms with Crippen molar-refractivity contribution in [3.8, 4) is 22.3 Å². The minimum atomic E-state index is -0.151. The van der Waals surface area contributed by atoms with Crippen molar-refractivity contribution in [3.63, 3.8) is 0 Å². The molecule has 2 aromatic carbocycles. The number of benzene rings is 2. The molecule has 2 heterocycles. The number of aromatic amines is 1. The van der Waals surface area contributed by atoms with Gasteiger partial charge in [0.05, 0.1) is 0 Å². The van der Waals surface area contributed by atoms with Crippen molar-refractivity contribution in [1.82, 2.24) is 9.97 Å². The molecule has 4 rings (SSSR count). The van der Waals surface area contributed by atoms with E-state index < -0.39 is 0 Å². The molecule has 0 amide bonds. The van der Waals surface area contributed by atoms with Gasteiger partial charge < -0.3 is 0 Å². The summed E-state index contributed by atoms with van der Waals surface area (Å²) >= 11 is 3.78. The van der Waals surface area contributed by atoms with Gasteiger partial charge >= 0.3 is 151 Å². The number of rotatable bonds is 5. The number of ether oxygens (including phenoxy) is 1. The van der Waals surface area contributed by atoms with Gasteiger partial charge in [-0.25, -0.2) is 0 Å². The monoisotopic (exact) mass is 411 g/mol. The number of hydrogen-bond donors (Lipinski definition) is 1. The van der Waals surface area contributed by atoms with Crippen molar-refractivity contribution in [2.45, 2.75) is 6.92 Å². The van der Waals surface area contributed by atoms with Crippen LogP contribution in [0, 0.1) is 0 Å². The summed E-state index contributed by atoms with van der Waals surface area (Å²) in [5.74, 6) is 0.460. The molecule has 0 atom stereocenters. The molecule has 0 fully saturated rings. The van der Waals surface area contributed by atoms with Gasteiger partial charge in [0, 0.05) is 0 Å². The maximum absolute atomic E-state index is 12.7. The van der Waals surface area contributed by atoms with Crippen molar-refractivity contribution in [2.24, 2.45) is 0 Å². The third kappa shape index (κ3) is 3.60. The van der Waals surface area contributed by atoms with Gasteiger partial charge in [-0.3, -0.25) is 0 Å². The number of hydrogen-bond acceptors (Lipinski definition) is 4. The molecule has 0 aliphatic carbocycles. The second-order valence-corrected chi connectivity index (χ2v) is 7.42. The quantitative estimate of drug-likeness (QED) is 0.530. The van der Waals surface area contributed by atoms with Crippen LogP contribution in [0.2, 0.25) is 0 Å². The Morgan fingerprint density at radius 2 is 1.74 bits per heavy atom. The Morgan fingerprint density at radius 1 is 1.07 bits per heavy atom. The van der Waals surface area contributed by atoms with E-state index in [1.165, 1.54) is 16.9 Å². The van der Waals surface area contributed by atoms with E-state index >= 15 is 0 Å². The standard InChI is InChI=1S/C21H16N2O2S.V/c1-2-25-12-18-22-20(24)19-17(13-26-21(19)23-18)16-10-8-15(9-11-16)14-6-4-3-5-7-14;/h3-11,13H,2H2,1H3,(H,22,23,24);. The van der Waals surface area contributed by atoms with Gasteiger partial charge in [0.25, 0.3) is 0 Å². The van der Waals surface area contributed by atoms with E-state index in [0.29, 0.717) is 27.1 Å². The van der Waals surface area contributed by atoms with Gasteiger partial charge in [-0.05, 0) is 0 Å². The first-order valence-electron chi connectivity index (χ1n) is 8.54. The molecule has 0 saturated carbocycles. The summed E-state index contributed by atoms with van der Waals surface area (Å²) in [5.41, 5.74) is 4.07. The normalized spacial score (nSPS) is 11.0. The van der Waals surface area contributed by atoms with Crippen LogP contribution in [0.3, 0.4) is 0 Å². The molecule has 6 heteroatoms. The fraction of sp³-hybridized carbons (Fsp3) is 0.0952. The number of H-pyrrole nitrogens is 1. The van der Waals surface area contributed by atoms with Crippen LogP contribution in [0.5, 0.6) is 0 Å². The van der Waals surface area contributed by atoms with Gasteiger partial charge in [-0.15, -0.1) is 0 Å². The Labute approximate surface area is 169 Å². The van der Waals surface area contributed by atoms with Gasteiger partial charge in [0.1, 0.15) is 0 Å². The summed E-state index contributed by atoms with van der Waals surface area (Å²) in [6.07, 6.45) is 0. The summed E-state index contributed by atoms with van der Waals surface area (Å²) in [5, 5.41) is 2.60. The van der Waals surface area contributed by atoms with Crippen molar-refractivity contribution in [3.05, 3.63) is 76.2 Å². The summed E-state index contributed by atoms with van der Waals surface area (Å²) in [6.45, 7) is 2.42. The molecule has 0 spiro atoms. The average molecular weight is 411 g/mol. The first-order valence-corrected chi connectivity index (χ1v) is 10.1. The summed E-state index contributed by atoms with van der Waals surface area (Å²) in [7, 11) is 0. The van der Waals surface area contributed by atoms with Crippen molar-refractivity contribution < 1.29 is 21.7 Å². The van der Waals surface area contributed by atoms with Crippen LogP contribution < -0.4 is 5.56 Å². The number of thiophene rings is 1. The zero-order chi connectivity index (χ0) is 18.8. The summed E-state index contributed by atoms with van der Waals surface area (Å²) in [4.78, 5) is 20.8. The number of nitrogens with zero attached hydrogens (tertiary/aromatic N) is 1. The van der Waals surface area contributed by atoms with Gasteiger partial charge in [0.2, 0.25) is 0 Å². The molecule has 4 nitrogen and oxygen atoms in total. The van der Waals surface area contributed by atoms with E-state index in [1.807, 2.05) is 42.6 Å². The van der Waals surface area contributed by atoms with Crippen LogP contribution >= 0.6 is 11.3 Å². The molecular weight excluding hydrogens is 395 g/mol. The molecule has 1 N–H and O–H groups in total. The zero-order valence-corrected chi connectivity index (χ0v) is 16.8. The average Bonchev–Trinajstić information content (AvgIpc) is 3.14. The minimum absolute atomic E-state index is 0.151. The molecule has 133 valence electrons. The van der Waals surface area contributed by atoms with Gasteiger partial charge in [0.15, 0.2) is 0 Å². The first-order chi connectivity index (χ1) is 13.2. The molecule has 0 aliphatic rings. The topological polar surface area (TPSA) is 55.0 Å². The molecule has 4 aromatic rings. The fourth-order valence-electron chi connectivity index (χ4n) is 2.94. The predicted octanol–water partition coefficient (Wildman–Crippen LogP) is 4.38. The maximum atomic E-state index is 12.7. The SMILES string of the molecule is CCO[C](=[V])c1nc2scc(-c3ccc(-c4ccccc4)cc3)c2c(=O)[nH]1. The molecule has 0 bridgehead atoms. The van der Waals surface area contributed by atoms with Crippen LogP contribution in [0.4, 0.5) is 0 Å². The molecule has 0 saturated heterocycles. The molecule has 0 aliphatic heterocycles. The van der Waals surface area contributed by atoms with E-state index in [2.05, 4.69) is 51.2 Å². The van der Waals surface area contributed by atoms with Crippen molar-refractivity contribution in [1.29, 1.82) is 0 Å². The second-order valence-electron chi connectivity index (χ2n) is 5.93. The van der Waals surface area contributed by atoms with E-state index in [-0.39, 0.29) is 5.56 Å². The molecule has 0 unspecified atom stereocenters. The van der Waals surface area contributed by atoms with E-state index in [0.717, 1.165) is 16.7 Å². The number of aromatic nitrogens is 2. The fourth-order valence-corrected chi connectivity index (χ4v) is 4.26. The Kier molecular flexibility index (Phi) is 5.19. The Bertz CT molecular complexity index is 1160. The van der Waals surface area contributed by atoms with Crippen molar-refractivity contribution in [2.75, 3.05) is 6.61 Å². The summed E-state index contributed by atoms with van der Waals surface area (Å²) in [6, 6.07) is 18.5. The van der Waals surface area contributed by atoms with Gasteiger partial charge in [-0.1, -0.05) is 18.2 Å². The van der Waals surface area contributed by atoms with Crippen LogP contribution in [-0.4, -0.2) is 21.0 Å². The molecule has 2 aromatic heterocycles. The van der Waals surface area contributed by atoms with Crippen LogP contribution in [0.25, 0.3) is 32.5 Å². The van der Waals surface area contributed by atoms with Crippen LogP contribution in [0.15, 0.2) is 64.8 Å². The number of fused-ring (bicyclic) bond motifs is 1. The Morgan fingerprint density at radius 3 is 2.44 bits per heavy atom. The first kappa shape index (κ1) is 18.1. The number of nitrogens with one attached hydrogen (secondary N) is 1. The second kappa shape index (κ2) is 7.75. The molecule has 27 heavy (non-hydrogen) atoms. The Hall–Kier alpha value is -2.31. The van der Waals surface area contributed by atoms with Crippen LogP contribution in [0.1, 0.15) is 12.7 Å². The zero-order valence-electron chi connectivity index (χ0n) is 14.6.